The fourth-order valence-electron chi connectivity index (χ4n) is 3.39. The number of fused-ring (bicyclic) bond motifs is 1. The van der Waals surface area contributed by atoms with E-state index >= 15 is 0 Å². The number of sulfonamides is 1. The summed E-state index contributed by atoms with van der Waals surface area (Å²) in [6, 6.07) is 8.30. The molecule has 0 radical (unpaired) electrons. The van der Waals surface area contributed by atoms with Gasteiger partial charge < -0.3 is 9.30 Å². The monoisotopic (exact) mass is 400 g/mol. The van der Waals surface area contributed by atoms with E-state index in [1.54, 1.807) is 60.7 Å². The normalized spacial score (nSPS) is 14.6. The summed E-state index contributed by atoms with van der Waals surface area (Å²) < 4.78 is 36.6. The number of aryl methyl sites for hydroxylation is 1. The van der Waals surface area contributed by atoms with Crippen molar-refractivity contribution in [1.82, 2.24) is 18.7 Å². The van der Waals surface area contributed by atoms with Gasteiger partial charge in [-0.3, -0.25) is 4.79 Å². The highest BCUT2D eigenvalue weighted by Gasteiger charge is 2.31. The van der Waals surface area contributed by atoms with E-state index in [9.17, 15) is 13.2 Å². The number of pyridine rings is 1. The minimum atomic E-state index is -3.80. The fourth-order valence-corrected chi connectivity index (χ4v) is 4.98. The van der Waals surface area contributed by atoms with Crippen molar-refractivity contribution in [3.63, 3.8) is 0 Å². The third-order valence-corrected chi connectivity index (χ3v) is 6.78. The Hall–Kier alpha value is -2.91. The molecule has 0 amide bonds. The maximum Gasteiger partial charge on any atom is 0.250 e. The molecule has 3 heterocycles. The second-order valence-electron chi connectivity index (χ2n) is 6.65. The van der Waals surface area contributed by atoms with Gasteiger partial charge in [0.05, 0.1) is 12.8 Å². The van der Waals surface area contributed by atoms with Crippen LogP contribution < -0.4 is 10.3 Å². The number of benzene rings is 1. The van der Waals surface area contributed by atoms with Crippen molar-refractivity contribution in [2.75, 3.05) is 13.7 Å². The van der Waals surface area contributed by atoms with Gasteiger partial charge >= 0.3 is 0 Å². The highest BCUT2D eigenvalue weighted by Crippen LogP contribution is 2.31. The molecule has 0 atom stereocenters. The molecular weight excluding hydrogens is 380 g/mol. The van der Waals surface area contributed by atoms with Crippen molar-refractivity contribution in [2.45, 2.75) is 17.9 Å². The molecule has 0 fully saturated rings. The smallest absolute Gasteiger partial charge is 0.250 e. The molecule has 1 aromatic carbocycles. The topological polar surface area (TPSA) is 86.4 Å². The average molecular weight is 400 g/mol. The molecule has 0 bridgehead atoms. The minimum absolute atomic E-state index is 0.0938. The molecular formula is C19H20N4O4S. The van der Waals surface area contributed by atoms with Gasteiger partial charge in [0.2, 0.25) is 10.0 Å². The summed E-state index contributed by atoms with van der Waals surface area (Å²) >= 11 is 0. The number of hydrogen-bond donors (Lipinski definition) is 0. The van der Waals surface area contributed by atoms with E-state index in [2.05, 4.69) is 5.10 Å². The van der Waals surface area contributed by atoms with Gasteiger partial charge in [0.25, 0.3) is 5.56 Å². The van der Waals surface area contributed by atoms with E-state index in [1.165, 1.54) is 16.0 Å². The Morgan fingerprint density at radius 1 is 1.18 bits per heavy atom. The second kappa shape index (κ2) is 6.92. The van der Waals surface area contributed by atoms with Crippen LogP contribution in [0.5, 0.6) is 5.75 Å². The number of nitrogens with zero attached hydrogens (tertiary/aromatic N) is 4. The molecule has 8 nitrogen and oxygen atoms in total. The van der Waals surface area contributed by atoms with Gasteiger partial charge in [0.1, 0.15) is 10.6 Å². The summed E-state index contributed by atoms with van der Waals surface area (Å²) in [6.45, 7) is 0.512. The lowest BCUT2D eigenvalue weighted by atomic mass is 10.0. The molecule has 1 aliphatic heterocycles. The van der Waals surface area contributed by atoms with Crippen LogP contribution in [0.2, 0.25) is 0 Å². The van der Waals surface area contributed by atoms with Crippen molar-refractivity contribution in [3.05, 3.63) is 70.4 Å². The zero-order valence-electron chi connectivity index (χ0n) is 15.6. The third kappa shape index (κ3) is 3.12. The summed E-state index contributed by atoms with van der Waals surface area (Å²) in [5.41, 5.74) is 2.26. The van der Waals surface area contributed by atoms with Crippen molar-refractivity contribution in [3.8, 4) is 11.4 Å². The summed E-state index contributed by atoms with van der Waals surface area (Å²) in [5.74, 6) is 0.280. The van der Waals surface area contributed by atoms with Gasteiger partial charge in [0.15, 0.2) is 0 Å². The van der Waals surface area contributed by atoms with Crippen LogP contribution in [-0.2, 0) is 30.0 Å². The Kier molecular flexibility index (Phi) is 4.56. The summed E-state index contributed by atoms with van der Waals surface area (Å²) in [7, 11) is -0.697. The minimum Gasteiger partial charge on any atom is -0.495 e. The zero-order valence-corrected chi connectivity index (χ0v) is 16.4. The maximum atomic E-state index is 13.4. The first-order chi connectivity index (χ1) is 13.4. The van der Waals surface area contributed by atoms with Crippen LogP contribution in [0.25, 0.3) is 5.69 Å². The number of ether oxygens (including phenoxy) is 1. The number of aromatic nitrogens is 3. The molecule has 3 aromatic rings. The first kappa shape index (κ1) is 18.5. The van der Waals surface area contributed by atoms with Gasteiger partial charge in [-0.05, 0) is 41.8 Å². The van der Waals surface area contributed by atoms with Crippen LogP contribution in [-0.4, -0.2) is 40.7 Å². The molecule has 0 aliphatic carbocycles. The highest BCUT2D eigenvalue weighted by molar-refractivity contribution is 7.89. The number of methoxy groups -OCH3 is 1. The van der Waals surface area contributed by atoms with E-state index < -0.39 is 10.0 Å². The lowest BCUT2D eigenvalue weighted by molar-refractivity contribution is 0.376. The van der Waals surface area contributed by atoms with Crippen LogP contribution in [0.1, 0.15) is 11.1 Å². The van der Waals surface area contributed by atoms with E-state index in [1.807, 2.05) is 0 Å². The molecule has 9 heteroatoms. The SMILES string of the molecule is COc1ccc(-n2cccn2)cc1S(=O)(=O)N1CCc2cc(=O)n(C)cc2C1. The second-order valence-corrected chi connectivity index (χ2v) is 8.55. The van der Waals surface area contributed by atoms with Crippen molar-refractivity contribution in [2.24, 2.45) is 7.05 Å². The molecule has 0 spiro atoms. The maximum absolute atomic E-state index is 13.4. The van der Waals surface area contributed by atoms with Crippen molar-refractivity contribution >= 4 is 10.0 Å². The summed E-state index contributed by atoms with van der Waals surface area (Å²) in [4.78, 5) is 11.9. The molecule has 0 N–H and O–H groups in total. The van der Waals surface area contributed by atoms with Gasteiger partial charge in [-0.2, -0.15) is 9.40 Å². The largest absolute Gasteiger partial charge is 0.495 e. The molecule has 1 aliphatic rings. The quantitative estimate of drug-likeness (QED) is 0.659. The van der Waals surface area contributed by atoms with Crippen LogP contribution in [0.4, 0.5) is 0 Å². The van der Waals surface area contributed by atoms with Crippen LogP contribution in [0, 0.1) is 0 Å². The Bertz CT molecular complexity index is 1180. The summed E-state index contributed by atoms with van der Waals surface area (Å²) in [5, 5.41) is 4.16. The fraction of sp³-hybridized carbons (Fsp3) is 0.263. The summed E-state index contributed by atoms with van der Waals surface area (Å²) in [6.07, 6.45) is 5.57. The molecule has 0 saturated carbocycles. The van der Waals surface area contributed by atoms with Gasteiger partial charge in [-0.15, -0.1) is 0 Å². The zero-order chi connectivity index (χ0) is 19.9. The first-order valence-corrected chi connectivity index (χ1v) is 10.2. The van der Waals surface area contributed by atoms with E-state index in [0.29, 0.717) is 18.7 Å². The first-order valence-electron chi connectivity index (χ1n) is 8.77. The Labute approximate surface area is 162 Å². The van der Waals surface area contributed by atoms with Crippen molar-refractivity contribution < 1.29 is 13.2 Å². The standard InChI is InChI=1S/C19H20N4O4S/c1-21-12-15-13-22(9-6-14(15)10-19(21)24)28(25,26)18-11-16(4-5-17(18)27-2)23-8-3-7-20-23/h3-5,7-8,10-12H,6,9,13H2,1-2H3. The third-order valence-electron chi connectivity index (χ3n) is 4.92. The Balaban J connectivity index is 1.75. The number of hydrogen-bond acceptors (Lipinski definition) is 5. The van der Waals surface area contributed by atoms with Crippen LogP contribution in [0.15, 0.2) is 58.6 Å². The Morgan fingerprint density at radius 2 is 2.00 bits per heavy atom. The molecule has 4 rings (SSSR count). The lowest BCUT2D eigenvalue weighted by Gasteiger charge is -2.28. The van der Waals surface area contributed by atoms with Gasteiger partial charge in [-0.25, -0.2) is 13.1 Å². The van der Waals surface area contributed by atoms with Gasteiger partial charge in [0, 0.05) is 44.8 Å². The van der Waals surface area contributed by atoms with Crippen LogP contribution in [0.3, 0.4) is 0 Å². The molecule has 0 unspecified atom stereocenters. The highest BCUT2D eigenvalue weighted by atomic mass is 32.2. The Morgan fingerprint density at radius 3 is 2.71 bits per heavy atom. The van der Waals surface area contributed by atoms with E-state index in [-0.39, 0.29) is 22.7 Å². The van der Waals surface area contributed by atoms with E-state index in [4.69, 9.17) is 4.74 Å². The molecule has 0 saturated heterocycles. The van der Waals surface area contributed by atoms with Crippen molar-refractivity contribution in [1.29, 1.82) is 0 Å². The van der Waals surface area contributed by atoms with E-state index in [0.717, 1.165) is 11.1 Å². The van der Waals surface area contributed by atoms with Gasteiger partial charge in [-0.1, -0.05) is 0 Å². The molecule has 28 heavy (non-hydrogen) atoms. The predicted octanol–water partition coefficient (Wildman–Crippen LogP) is 1.33. The average Bonchev–Trinajstić information content (AvgIpc) is 3.23. The molecule has 146 valence electrons. The lowest BCUT2D eigenvalue weighted by Crippen LogP contribution is -2.37. The van der Waals surface area contributed by atoms with Crippen LogP contribution >= 0.6 is 0 Å². The predicted molar refractivity (Wildman–Crippen MR) is 103 cm³/mol. The molecule has 2 aromatic heterocycles. The number of rotatable bonds is 4.